The van der Waals surface area contributed by atoms with Crippen molar-refractivity contribution in [3.05, 3.63) is 17.7 Å². The van der Waals surface area contributed by atoms with E-state index in [1.54, 1.807) is 7.11 Å². The maximum Gasteiger partial charge on any atom is 0.105 e. The van der Waals surface area contributed by atoms with Crippen LogP contribution in [0.5, 0.6) is 0 Å². The molecular weight excluding hydrogens is 194 g/mol. The standard InChI is InChI=1S/C10H19N3O2/c1-9-12-8-10(7-11)13(9)3-4-15-6-5-14-2/h8H,3-7,11H2,1-2H3. The summed E-state index contributed by atoms with van der Waals surface area (Å²) in [5.41, 5.74) is 6.64. The highest BCUT2D eigenvalue weighted by Crippen LogP contribution is 2.03. The molecule has 0 unspecified atom stereocenters. The number of ether oxygens (including phenoxy) is 2. The summed E-state index contributed by atoms with van der Waals surface area (Å²) in [4.78, 5) is 4.21. The SMILES string of the molecule is COCCOCCn1c(CN)cnc1C. The summed E-state index contributed by atoms with van der Waals surface area (Å²) in [5, 5.41) is 0. The van der Waals surface area contributed by atoms with Gasteiger partial charge in [-0.2, -0.15) is 0 Å². The molecule has 0 bridgehead atoms. The summed E-state index contributed by atoms with van der Waals surface area (Å²) in [5.74, 6) is 0.978. The first-order valence-electron chi connectivity index (χ1n) is 5.07. The molecule has 0 aliphatic heterocycles. The topological polar surface area (TPSA) is 62.3 Å². The fourth-order valence-corrected chi connectivity index (χ4v) is 1.38. The Kier molecular flexibility index (Phi) is 5.31. The van der Waals surface area contributed by atoms with Crippen molar-refractivity contribution in [3.63, 3.8) is 0 Å². The van der Waals surface area contributed by atoms with Gasteiger partial charge in [0.05, 0.1) is 25.5 Å². The monoisotopic (exact) mass is 213 g/mol. The summed E-state index contributed by atoms with van der Waals surface area (Å²) in [7, 11) is 1.66. The Bertz CT molecular complexity index is 286. The minimum absolute atomic E-state index is 0.513. The molecule has 1 rings (SSSR count). The summed E-state index contributed by atoms with van der Waals surface area (Å²) >= 11 is 0. The molecule has 5 heteroatoms. The Balaban J connectivity index is 2.33. The van der Waals surface area contributed by atoms with Crippen LogP contribution in [0, 0.1) is 6.92 Å². The summed E-state index contributed by atoms with van der Waals surface area (Å²) in [6.07, 6.45) is 1.81. The Morgan fingerprint density at radius 3 is 2.87 bits per heavy atom. The van der Waals surface area contributed by atoms with E-state index >= 15 is 0 Å². The number of hydrogen-bond acceptors (Lipinski definition) is 4. The molecule has 0 saturated carbocycles. The molecule has 0 amide bonds. The Morgan fingerprint density at radius 1 is 1.40 bits per heavy atom. The molecule has 1 heterocycles. The molecule has 0 aliphatic carbocycles. The largest absolute Gasteiger partial charge is 0.382 e. The van der Waals surface area contributed by atoms with E-state index < -0.39 is 0 Å². The number of nitrogens with two attached hydrogens (primary N) is 1. The van der Waals surface area contributed by atoms with E-state index in [0.29, 0.717) is 26.4 Å². The number of aromatic nitrogens is 2. The molecule has 0 fully saturated rings. The second-order valence-electron chi connectivity index (χ2n) is 3.26. The molecule has 0 radical (unpaired) electrons. The van der Waals surface area contributed by atoms with Crippen molar-refractivity contribution < 1.29 is 9.47 Å². The van der Waals surface area contributed by atoms with E-state index in [0.717, 1.165) is 18.1 Å². The number of hydrogen-bond donors (Lipinski definition) is 1. The molecule has 0 spiro atoms. The lowest BCUT2D eigenvalue weighted by molar-refractivity contribution is 0.0661. The Hall–Kier alpha value is -0.910. The zero-order chi connectivity index (χ0) is 11.1. The number of rotatable bonds is 7. The number of nitrogens with zero attached hydrogens (tertiary/aromatic N) is 2. The van der Waals surface area contributed by atoms with Crippen molar-refractivity contribution in [3.8, 4) is 0 Å². The lowest BCUT2D eigenvalue weighted by atomic mass is 10.4. The summed E-state index contributed by atoms with van der Waals surface area (Å²) in [6.45, 7) is 5.19. The van der Waals surface area contributed by atoms with Crippen LogP contribution in [0.25, 0.3) is 0 Å². The lowest BCUT2D eigenvalue weighted by Gasteiger charge is -2.09. The third kappa shape index (κ3) is 3.62. The van der Waals surface area contributed by atoms with Gasteiger partial charge in [-0.3, -0.25) is 0 Å². The minimum atomic E-state index is 0.513. The van der Waals surface area contributed by atoms with Gasteiger partial charge < -0.3 is 19.8 Å². The van der Waals surface area contributed by atoms with Crippen LogP contribution in [0.15, 0.2) is 6.20 Å². The Labute approximate surface area is 90.2 Å². The van der Waals surface area contributed by atoms with Crippen LogP contribution in [0.1, 0.15) is 11.5 Å². The van der Waals surface area contributed by atoms with Crippen molar-refractivity contribution >= 4 is 0 Å². The average Bonchev–Trinajstić information content (AvgIpc) is 2.60. The van der Waals surface area contributed by atoms with Crippen molar-refractivity contribution in [1.29, 1.82) is 0 Å². The first-order chi connectivity index (χ1) is 7.29. The van der Waals surface area contributed by atoms with Gasteiger partial charge in [-0.15, -0.1) is 0 Å². The Morgan fingerprint density at radius 2 is 2.20 bits per heavy atom. The van der Waals surface area contributed by atoms with Gasteiger partial charge in [-0.05, 0) is 6.92 Å². The minimum Gasteiger partial charge on any atom is -0.382 e. The van der Waals surface area contributed by atoms with E-state index in [4.69, 9.17) is 15.2 Å². The third-order valence-electron chi connectivity index (χ3n) is 2.24. The van der Waals surface area contributed by atoms with E-state index in [2.05, 4.69) is 9.55 Å². The van der Waals surface area contributed by atoms with Gasteiger partial charge in [0, 0.05) is 26.4 Å². The number of methoxy groups -OCH3 is 1. The van der Waals surface area contributed by atoms with Gasteiger partial charge in [0.1, 0.15) is 5.82 Å². The van der Waals surface area contributed by atoms with Gasteiger partial charge in [-0.25, -0.2) is 4.98 Å². The molecule has 0 aliphatic rings. The number of aryl methyl sites for hydroxylation is 1. The fourth-order valence-electron chi connectivity index (χ4n) is 1.38. The average molecular weight is 213 g/mol. The predicted octanol–water partition coefficient (Wildman–Crippen LogP) is 0.313. The van der Waals surface area contributed by atoms with Crippen LogP contribution in [0.3, 0.4) is 0 Å². The molecule has 1 aromatic heterocycles. The fraction of sp³-hybridized carbons (Fsp3) is 0.700. The molecule has 1 aromatic rings. The maximum absolute atomic E-state index is 5.59. The second-order valence-corrected chi connectivity index (χ2v) is 3.26. The molecule has 86 valence electrons. The maximum atomic E-state index is 5.59. The normalized spacial score (nSPS) is 10.9. The smallest absolute Gasteiger partial charge is 0.105 e. The second kappa shape index (κ2) is 6.55. The number of imidazole rings is 1. The first-order valence-corrected chi connectivity index (χ1v) is 5.07. The highest BCUT2D eigenvalue weighted by atomic mass is 16.5. The third-order valence-corrected chi connectivity index (χ3v) is 2.24. The van der Waals surface area contributed by atoms with E-state index in [-0.39, 0.29) is 0 Å². The quantitative estimate of drug-likeness (QED) is 0.662. The van der Waals surface area contributed by atoms with Crippen molar-refractivity contribution in [1.82, 2.24) is 9.55 Å². The van der Waals surface area contributed by atoms with Gasteiger partial charge in [0.15, 0.2) is 0 Å². The van der Waals surface area contributed by atoms with Gasteiger partial charge >= 0.3 is 0 Å². The zero-order valence-electron chi connectivity index (χ0n) is 9.40. The first kappa shape index (κ1) is 12.2. The van der Waals surface area contributed by atoms with Crippen molar-refractivity contribution in [2.24, 2.45) is 5.73 Å². The lowest BCUT2D eigenvalue weighted by Crippen LogP contribution is -2.14. The molecule has 2 N–H and O–H groups in total. The molecule has 0 aromatic carbocycles. The molecule has 15 heavy (non-hydrogen) atoms. The van der Waals surface area contributed by atoms with Crippen LogP contribution in [0.4, 0.5) is 0 Å². The molecular formula is C10H19N3O2. The highest BCUT2D eigenvalue weighted by molar-refractivity contribution is 5.03. The molecule has 0 saturated heterocycles. The zero-order valence-corrected chi connectivity index (χ0v) is 9.40. The summed E-state index contributed by atoms with van der Waals surface area (Å²) < 4.78 is 12.3. The van der Waals surface area contributed by atoms with Crippen LogP contribution in [0.2, 0.25) is 0 Å². The predicted molar refractivity (Wildman–Crippen MR) is 57.6 cm³/mol. The van der Waals surface area contributed by atoms with E-state index in [1.807, 2.05) is 13.1 Å². The summed E-state index contributed by atoms with van der Waals surface area (Å²) in [6, 6.07) is 0. The molecule has 0 atom stereocenters. The van der Waals surface area contributed by atoms with E-state index in [1.165, 1.54) is 0 Å². The molecule has 5 nitrogen and oxygen atoms in total. The van der Waals surface area contributed by atoms with Crippen LogP contribution in [-0.2, 0) is 22.6 Å². The van der Waals surface area contributed by atoms with Crippen LogP contribution in [-0.4, -0.2) is 36.5 Å². The van der Waals surface area contributed by atoms with Gasteiger partial charge in [-0.1, -0.05) is 0 Å². The van der Waals surface area contributed by atoms with Gasteiger partial charge in [0.2, 0.25) is 0 Å². The van der Waals surface area contributed by atoms with E-state index in [9.17, 15) is 0 Å². The van der Waals surface area contributed by atoms with Crippen molar-refractivity contribution in [2.45, 2.75) is 20.0 Å². The highest BCUT2D eigenvalue weighted by Gasteiger charge is 2.03. The van der Waals surface area contributed by atoms with Crippen LogP contribution < -0.4 is 5.73 Å². The van der Waals surface area contributed by atoms with Crippen molar-refractivity contribution in [2.75, 3.05) is 26.9 Å². The van der Waals surface area contributed by atoms with Gasteiger partial charge in [0.25, 0.3) is 0 Å². The van der Waals surface area contributed by atoms with Crippen LogP contribution >= 0.6 is 0 Å².